The van der Waals surface area contributed by atoms with Crippen molar-refractivity contribution in [2.24, 2.45) is 0 Å². The average Bonchev–Trinajstić information content (AvgIpc) is 3.32. The number of anilines is 2. The fraction of sp³-hybridized carbons (Fsp3) is 0.143. The highest BCUT2D eigenvalue weighted by Gasteiger charge is 2.37. The van der Waals surface area contributed by atoms with Crippen molar-refractivity contribution in [3.63, 3.8) is 0 Å². The average molecular weight is 468 g/mol. The molecule has 0 atom stereocenters. The highest BCUT2D eigenvalue weighted by Crippen LogP contribution is 2.43. The quantitative estimate of drug-likeness (QED) is 0.495. The molecular formula is C28H25N3O4. The highest BCUT2D eigenvalue weighted by atomic mass is 16.7. The Balaban J connectivity index is 1.57. The Morgan fingerprint density at radius 2 is 1.26 bits per heavy atom. The van der Waals surface area contributed by atoms with E-state index in [-0.39, 0.29) is 18.6 Å². The van der Waals surface area contributed by atoms with Gasteiger partial charge in [-0.05, 0) is 55.8 Å². The van der Waals surface area contributed by atoms with Crippen LogP contribution in [0.15, 0.2) is 101 Å². The van der Waals surface area contributed by atoms with E-state index in [0.717, 1.165) is 5.56 Å². The third-order valence-corrected chi connectivity index (χ3v) is 6.04. The predicted molar refractivity (Wildman–Crippen MR) is 134 cm³/mol. The van der Waals surface area contributed by atoms with Crippen LogP contribution >= 0.6 is 0 Å². The van der Waals surface area contributed by atoms with Crippen LogP contribution in [-0.4, -0.2) is 18.6 Å². The van der Waals surface area contributed by atoms with Crippen LogP contribution in [0.2, 0.25) is 0 Å². The molecule has 0 radical (unpaired) electrons. The number of amides is 2. The van der Waals surface area contributed by atoms with E-state index in [9.17, 15) is 9.59 Å². The van der Waals surface area contributed by atoms with Gasteiger partial charge in [-0.1, -0.05) is 42.5 Å². The van der Waals surface area contributed by atoms with Gasteiger partial charge in [0.25, 0.3) is 11.8 Å². The molecule has 0 saturated heterocycles. The number of para-hydroxylation sites is 2. The number of dihydropyridines is 1. The fourth-order valence-corrected chi connectivity index (χ4v) is 4.46. The standard InChI is InChI=1S/C28H25N3O4/c1-17-24(27(32)30-20-9-5-3-6-10-20)26(19-13-14-22-23(15-19)35-16-34-22)25(18(2)29-17)28(33)31-21-11-7-4-8-12-21/h3-15,26,29H,16H2,1-2H3,(H,30,32)(H,31,33). The van der Waals surface area contributed by atoms with E-state index in [1.54, 1.807) is 0 Å². The number of ether oxygens (including phenoxy) is 2. The van der Waals surface area contributed by atoms with Crippen molar-refractivity contribution in [2.45, 2.75) is 19.8 Å². The van der Waals surface area contributed by atoms with Gasteiger partial charge in [0.15, 0.2) is 11.5 Å². The topological polar surface area (TPSA) is 88.7 Å². The second-order valence-electron chi connectivity index (χ2n) is 8.39. The first-order valence-electron chi connectivity index (χ1n) is 11.3. The van der Waals surface area contributed by atoms with Crippen LogP contribution in [-0.2, 0) is 9.59 Å². The molecule has 0 spiro atoms. The molecule has 0 aliphatic carbocycles. The van der Waals surface area contributed by atoms with Gasteiger partial charge >= 0.3 is 0 Å². The molecule has 7 nitrogen and oxygen atoms in total. The maximum atomic E-state index is 13.6. The smallest absolute Gasteiger partial charge is 0.254 e. The Morgan fingerprint density at radius 1 is 0.743 bits per heavy atom. The molecule has 35 heavy (non-hydrogen) atoms. The van der Waals surface area contributed by atoms with Gasteiger partial charge in [0.1, 0.15) is 0 Å². The van der Waals surface area contributed by atoms with E-state index >= 15 is 0 Å². The van der Waals surface area contributed by atoms with Gasteiger partial charge in [0, 0.05) is 39.8 Å². The van der Waals surface area contributed by atoms with E-state index in [0.29, 0.717) is 45.4 Å². The Kier molecular flexibility index (Phi) is 5.97. The summed E-state index contributed by atoms with van der Waals surface area (Å²) < 4.78 is 11.1. The summed E-state index contributed by atoms with van der Waals surface area (Å²) in [7, 11) is 0. The molecule has 0 unspecified atom stereocenters. The van der Waals surface area contributed by atoms with E-state index in [2.05, 4.69) is 16.0 Å². The van der Waals surface area contributed by atoms with E-state index < -0.39 is 5.92 Å². The molecule has 0 bridgehead atoms. The number of allylic oxidation sites excluding steroid dienone is 2. The van der Waals surface area contributed by atoms with Gasteiger partial charge in [0.05, 0.1) is 0 Å². The van der Waals surface area contributed by atoms with Crippen molar-refractivity contribution in [1.29, 1.82) is 0 Å². The van der Waals surface area contributed by atoms with Gasteiger partial charge < -0.3 is 25.4 Å². The molecule has 3 aromatic carbocycles. The van der Waals surface area contributed by atoms with E-state index in [1.807, 2.05) is 92.7 Å². The zero-order valence-corrected chi connectivity index (χ0v) is 19.4. The van der Waals surface area contributed by atoms with Gasteiger partial charge in [-0.25, -0.2) is 0 Å². The summed E-state index contributed by atoms with van der Waals surface area (Å²) >= 11 is 0. The Bertz CT molecular complexity index is 1270. The lowest BCUT2D eigenvalue weighted by atomic mass is 9.79. The highest BCUT2D eigenvalue weighted by molar-refractivity contribution is 6.11. The summed E-state index contributed by atoms with van der Waals surface area (Å²) in [6.07, 6.45) is 0. The fourth-order valence-electron chi connectivity index (χ4n) is 4.46. The van der Waals surface area contributed by atoms with Crippen molar-refractivity contribution < 1.29 is 19.1 Å². The molecule has 3 aromatic rings. The molecule has 3 N–H and O–H groups in total. The zero-order chi connectivity index (χ0) is 24.4. The largest absolute Gasteiger partial charge is 0.454 e. The number of rotatable bonds is 5. The van der Waals surface area contributed by atoms with E-state index in [4.69, 9.17) is 9.47 Å². The molecule has 7 heteroatoms. The SMILES string of the molecule is CC1=C(C(=O)Nc2ccccc2)C(c2ccc3c(c2)OCO3)C(C(=O)Nc2ccccc2)=C(C)N1. The number of hydrogen-bond donors (Lipinski definition) is 3. The van der Waals surface area contributed by atoms with Crippen molar-refractivity contribution in [3.8, 4) is 11.5 Å². The van der Waals surface area contributed by atoms with Crippen LogP contribution in [0.5, 0.6) is 11.5 Å². The van der Waals surface area contributed by atoms with Crippen molar-refractivity contribution in [1.82, 2.24) is 5.32 Å². The monoisotopic (exact) mass is 467 g/mol. The minimum absolute atomic E-state index is 0.136. The summed E-state index contributed by atoms with van der Waals surface area (Å²) in [6, 6.07) is 24.0. The second-order valence-corrected chi connectivity index (χ2v) is 8.39. The number of fused-ring (bicyclic) bond motifs is 1. The molecule has 0 aromatic heterocycles. The lowest BCUT2D eigenvalue weighted by Crippen LogP contribution is -2.35. The maximum absolute atomic E-state index is 13.6. The molecule has 0 fully saturated rings. The van der Waals surface area contributed by atoms with Gasteiger partial charge in [-0.15, -0.1) is 0 Å². The summed E-state index contributed by atoms with van der Waals surface area (Å²) in [4.78, 5) is 27.2. The van der Waals surface area contributed by atoms with Crippen molar-refractivity contribution in [3.05, 3.63) is 107 Å². The summed E-state index contributed by atoms with van der Waals surface area (Å²) in [5.74, 6) is 0.0116. The Labute approximate surface area is 203 Å². The van der Waals surface area contributed by atoms with Crippen LogP contribution in [0.25, 0.3) is 0 Å². The first-order valence-corrected chi connectivity index (χ1v) is 11.3. The normalized spacial score (nSPS) is 15.0. The predicted octanol–water partition coefficient (Wildman–Crippen LogP) is 4.93. The third-order valence-electron chi connectivity index (χ3n) is 6.04. The molecule has 2 heterocycles. The molecule has 2 aliphatic rings. The Morgan fingerprint density at radius 3 is 1.80 bits per heavy atom. The zero-order valence-electron chi connectivity index (χ0n) is 19.4. The number of nitrogens with one attached hydrogen (secondary N) is 3. The van der Waals surface area contributed by atoms with Crippen molar-refractivity contribution >= 4 is 23.2 Å². The lowest BCUT2D eigenvalue weighted by molar-refractivity contribution is -0.113. The summed E-state index contributed by atoms with van der Waals surface area (Å²) in [5, 5.41) is 9.19. The van der Waals surface area contributed by atoms with Crippen LogP contribution in [0.1, 0.15) is 25.3 Å². The summed E-state index contributed by atoms with van der Waals surface area (Å²) in [5.41, 5.74) is 4.36. The maximum Gasteiger partial charge on any atom is 0.254 e. The molecule has 0 saturated carbocycles. The number of benzene rings is 3. The van der Waals surface area contributed by atoms with Crippen LogP contribution in [0, 0.1) is 0 Å². The second kappa shape index (κ2) is 9.38. The van der Waals surface area contributed by atoms with Gasteiger partial charge in [-0.2, -0.15) is 0 Å². The van der Waals surface area contributed by atoms with Crippen LogP contribution < -0.4 is 25.4 Å². The molecular weight excluding hydrogens is 442 g/mol. The lowest BCUT2D eigenvalue weighted by Gasteiger charge is -2.31. The van der Waals surface area contributed by atoms with Crippen LogP contribution in [0.4, 0.5) is 11.4 Å². The minimum atomic E-state index is -0.627. The van der Waals surface area contributed by atoms with Crippen LogP contribution in [0.3, 0.4) is 0 Å². The minimum Gasteiger partial charge on any atom is -0.454 e. The van der Waals surface area contributed by atoms with Crippen molar-refractivity contribution in [2.75, 3.05) is 17.4 Å². The molecule has 2 aliphatic heterocycles. The number of hydrogen-bond acceptors (Lipinski definition) is 5. The Hall–Kier alpha value is -4.52. The van der Waals surface area contributed by atoms with E-state index in [1.165, 1.54) is 0 Å². The number of carbonyl (C=O) groups is 2. The molecule has 2 amide bonds. The van der Waals surface area contributed by atoms with Gasteiger partial charge in [0.2, 0.25) is 6.79 Å². The summed E-state index contributed by atoms with van der Waals surface area (Å²) in [6.45, 7) is 3.82. The molecule has 176 valence electrons. The number of carbonyl (C=O) groups excluding carboxylic acids is 2. The third kappa shape index (κ3) is 4.48. The first-order chi connectivity index (χ1) is 17.0. The first kappa shape index (κ1) is 22.3. The molecule has 5 rings (SSSR count). The van der Waals surface area contributed by atoms with Gasteiger partial charge in [-0.3, -0.25) is 9.59 Å².